The first-order valence-electron chi connectivity index (χ1n) is 5.49. The second-order valence-electron chi connectivity index (χ2n) is 4.12. The summed E-state index contributed by atoms with van der Waals surface area (Å²) in [6, 6.07) is 4.88. The van der Waals surface area contributed by atoms with E-state index in [4.69, 9.17) is 5.73 Å². The minimum Gasteiger partial charge on any atom is -0.366 e. The lowest BCUT2D eigenvalue weighted by atomic mass is 10.0. The van der Waals surface area contributed by atoms with Crippen LogP contribution in [0.3, 0.4) is 0 Å². The van der Waals surface area contributed by atoms with E-state index in [0.29, 0.717) is 11.1 Å². The van der Waals surface area contributed by atoms with Crippen molar-refractivity contribution in [2.45, 2.75) is 19.8 Å². The van der Waals surface area contributed by atoms with Crippen LogP contribution in [0.4, 0.5) is 0 Å². The molecule has 1 aliphatic carbocycles. The zero-order valence-electron chi connectivity index (χ0n) is 9.62. The molecule has 1 aromatic rings. The fourth-order valence-electron chi connectivity index (χ4n) is 1.64. The van der Waals surface area contributed by atoms with Crippen molar-refractivity contribution in [2.75, 3.05) is 0 Å². The third kappa shape index (κ3) is 2.36. The van der Waals surface area contributed by atoms with Gasteiger partial charge in [-0.3, -0.25) is 9.59 Å². The minimum atomic E-state index is -0.526. The number of hydrogen-bond acceptors (Lipinski definition) is 2. The highest BCUT2D eigenvalue weighted by Crippen LogP contribution is 2.17. The molecule has 2 amide bonds. The Morgan fingerprint density at radius 2 is 2.06 bits per heavy atom. The van der Waals surface area contributed by atoms with Gasteiger partial charge in [0.2, 0.25) is 5.91 Å². The molecule has 0 fully saturated rings. The highest BCUT2D eigenvalue weighted by molar-refractivity contribution is 6.00. The van der Waals surface area contributed by atoms with Crippen molar-refractivity contribution in [1.29, 1.82) is 0 Å². The van der Waals surface area contributed by atoms with Gasteiger partial charge in [0.1, 0.15) is 0 Å². The number of benzene rings is 1. The van der Waals surface area contributed by atoms with Crippen LogP contribution in [-0.4, -0.2) is 11.8 Å². The average Bonchev–Trinajstić information content (AvgIpc) is 2.23. The first-order chi connectivity index (χ1) is 8.08. The normalized spacial score (nSPS) is 13.6. The molecule has 0 atom stereocenters. The van der Waals surface area contributed by atoms with Gasteiger partial charge in [0.15, 0.2) is 0 Å². The summed E-state index contributed by atoms with van der Waals surface area (Å²) in [5, 5.41) is 2.81. The number of rotatable bonds is 3. The summed E-state index contributed by atoms with van der Waals surface area (Å²) in [7, 11) is 0. The molecular formula is C13H14N2O2. The fourth-order valence-corrected chi connectivity index (χ4v) is 1.64. The summed E-state index contributed by atoms with van der Waals surface area (Å²) in [5.74, 6) is -0.710. The molecular weight excluding hydrogens is 216 g/mol. The molecule has 0 heterocycles. The van der Waals surface area contributed by atoms with E-state index in [1.165, 1.54) is 6.07 Å². The third-order valence-corrected chi connectivity index (χ3v) is 2.85. The number of nitrogens with one attached hydrogen (secondary N) is 1. The van der Waals surface area contributed by atoms with Crippen LogP contribution < -0.4 is 11.1 Å². The van der Waals surface area contributed by atoms with Crippen molar-refractivity contribution in [3.8, 4) is 0 Å². The molecule has 2 rings (SSSR count). The van der Waals surface area contributed by atoms with Gasteiger partial charge in [0, 0.05) is 16.8 Å². The van der Waals surface area contributed by atoms with Gasteiger partial charge < -0.3 is 11.1 Å². The number of carbonyl (C=O) groups excluding carboxylic acids is 2. The zero-order valence-corrected chi connectivity index (χ0v) is 9.62. The van der Waals surface area contributed by atoms with Crippen LogP contribution in [-0.2, 0) is 0 Å². The Morgan fingerprint density at radius 3 is 2.59 bits per heavy atom. The van der Waals surface area contributed by atoms with Crippen molar-refractivity contribution in [2.24, 2.45) is 5.73 Å². The highest BCUT2D eigenvalue weighted by Gasteiger charge is 2.14. The lowest BCUT2D eigenvalue weighted by molar-refractivity contribution is 0.0962. The van der Waals surface area contributed by atoms with Crippen molar-refractivity contribution < 1.29 is 9.59 Å². The van der Waals surface area contributed by atoms with Gasteiger partial charge in [-0.2, -0.15) is 0 Å². The molecule has 17 heavy (non-hydrogen) atoms. The van der Waals surface area contributed by atoms with Crippen LogP contribution >= 0.6 is 0 Å². The first-order valence-corrected chi connectivity index (χ1v) is 5.49. The molecule has 0 aliphatic heterocycles. The van der Waals surface area contributed by atoms with E-state index in [2.05, 4.69) is 5.32 Å². The lowest BCUT2D eigenvalue weighted by Gasteiger charge is -2.16. The number of hydrogen-bond donors (Lipinski definition) is 2. The highest BCUT2D eigenvalue weighted by atomic mass is 16.2. The molecule has 0 spiro atoms. The van der Waals surface area contributed by atoms with Gasteiger partial charge in [-0.1, -0.05) is 12.1 Å². The van der Waals surface area contributed by atoms with Gasteiger partial charge >= 0.3 is 0 Å². The standard InChI is InChI=1S/C13H14N2O2/c1-8-5-6-9(12(14)16)7-11(8)13(17)15-10-3-2-4-10/h3,5-7H,2,4H2,1H3,(H2,14,16)(H,15,17). The van der Waals surface area contributed by atoms with Crippen LogP contribution in [0.2, 0.25) is 0 Å². The molecule has 0 saturated heterocycles. The van der Waals surface area contributed by atoms with E-state index >= 15 is 0 Å². The largest absolute Gasteiger partial charge is 0.366 e. The lowest BCUT2D eigenvalue weighted by Crippen LogP contribution is -2.26. The maximum atomic E-state index is 11.9. The Kier molecular flexibility index (Phi) is 2.95. The van der Waals surface area contributed by atoms with Crippen LogP contribution in [0.15, 0.2) is 30.0 Å². The summed E-state index contributed by atoms with van der Waals surface area (Å²) < 4.78 is 0. The van der Waals surface area contributed by atoms with Crippen LogP contribution in [0, 0.1) is 6.92 Å². The quantitative estimate of drug-likeness (QED) is 0.826. The molecule has 88 valence electrons. The average molecular weight is 230 g/mol. The molecule has 0 unspecified atom stereocenters. The maximum absolute atomic E-state index is 11.9. The number of amides is 2. The monoisotopic (exact) mass is 230 g/mol. The van der Waals surface area contributed by atoms with E-state index in [9.17, 15) is 9.59 Å². The zero-order chi connectivity index (χ0) is 12.4. The molecule has 1 aromatic carbocycles. The smallest absolute Gasteiger partial charge is 0.255 e. The first kappa shape index (κ1) is 11.4. The molecule has 3 N–H and O–H groups in total. The fraction of sp³-hybridized carbons (Fsp3) is 0.231. The summed E-state index contributed by atoms with van der Waals surface area (Å²) in [4.78, 5) is 23.0. The summed E-state index contributed by atoms with van der Waals surface area (Å²) >= 11 is 0. The van der Waals surface area contributed by atoms with E-state index in [-0.39, 0.29) is 5.91 Å². The molecule has 4 nitrogen and oxygen atoms in total. The van der Waals surface area contributed by atoms with Gasteiger partial charge in [-0.05, 0) is 37.5 Å². The van der Waals surface area contributed by atoms with Gasteiger partial charge in [-0.15, -0.1) is 0 Å². The summed E-state index contributed by atoms with van der Waals surface area (Å²) in [6.07, 6.45) is 3.89. The summed E-state index contributed by atoms with van der Waals surface area (Å²) in [5.41, 5.74) is 7.80. The van der Waals surface area contributed by atoms with Crippen molar-refractivity contribution >= 4 is 11.8 Å². The molecule has 0 aromatic heterocycles. The van der Waals surface area contributed by atoms with E-state index in [1.807, 2.05) is 13.0 Å². The number of nitrogens with two attached hydrogens (primary N) is 1. The predicted molar refractivity (Wildman–Crippen MR) is 64.5 cm³/mol. The van der Waals surface area contributed by atoms with Crippen LogP contribution in [0.5, 0.6) is 0 Å². The Labute approximate surface area is 99.5 Å². The number of carbonyl (C=O) groups is 2. The predicted octanol–water partition coefficient (Wildman–Crippen LogP) is 1.50. The Bertz CT molecular complexity index is 518. The van der Waals surface area contributed by atoms with Crippen LogP contribution in [0.1, 0.15) is 39.1 Å². The maximum Gasteiger partial charge on any atom is 0.255 e. The summed E-state index contributed by atoms with van der Waals surface area (Å²) in [6.45, 7) is 1.83. The number of aryl methyl sites for hydroxylation is 1. The van der Waals surface area contributed by atoms with Gasteiger partial charge in [-0.25, -0.2) is 0 Å². The van der Waals surface area contributed by atoms with E-state index < -0.39 is 5.91 Å². The molecule has 0 bridgehead atoms. The minimum absolute atomic E-state index is 0.184. The molecule has 4 heteroatoms. The Hall–Kier alpha value is -2.10. The van der Waals surface area contributed by atoms with Crippen LogP contribution in [0.25, 0.3) is 0 Å². The Morgan fingerprint density at radius 1 is 1.35 bits per heavy atom. The van der Waals surface area contributed by atoms with Gasteiger partial charge in [0.25, 0.3) is 5.91 Å². The van der Waals surface area contributed by atoms with E-state index in [0.717, 1.165) is 24.1 Å². The van der Waals surface area contributed by atoms with Crippen molar-refractivity contribution in [3.63, 3.8) is 0 Å². The van der Waals surface area contributed by atoms with E-state index in [1.54, 1.807) is 12.1 Å². The number of primary amides is 1. The second-order valence-corrected chi connectivity index (χ2v) is 4.12. The molecule has 0 saturated carbocycles. The van der Waals surface area contributed by atoms with Crippen molar-refractivity contribution in [1.82, 2.24) is 5.32 Å². The number of allylic oxidation sites excluding steroid dienone is 2. The Balaban J connectivity index is 2.26. The molecule has 1 aliphatic rings. The molecule has 0 radical (unpaired) electrons. The SMILES string of the molecule is Cc1ccc(C(N)=O)cc1C(=O)NC1=CCC1. The second kappa shape index (κ2) is 4.41. The third-order valence-electron chi connectivity index (χ3n) is 2.85. The van der Waals surface area contributed by atoms with Crippen molar-refractivity contribution in [3.05, 3.63) is 46.7 Å². The topological polar surface area (TPSA) is 72.2 Å². The van der Waals surface area contributed by atoms with Gasteiger partial charge in [0.05, 0.1) is 0 Å².